The Morgan fingerprint density at radius 1 is 0.688 bits per heavy atom. The molecule has 6 atom stereocenters. The molecule has 0 spiro atoms. The van der Waals surface area contributed by atoms with E-state index in [4.69, 9.17) is 14.2 Å². The highest BCUT2D eigenvalue weighted by Gasteiger charge is 2.42. The van der Waals surface area contributed by atoms with Gasteiger partial charge in [-0.1, -0.05) is 90.4 Å². The molecule has 0 saturated carbocycles. The van der Waals surface area contributed by atoms with Gasteiger partial charge in [0.2, 0.25) is 0 Å². The summed E-state index contributed by atoms with van der Waals surface area (Å²) >= 11 is 0. The molecule has 32 heavy (non-hydrogen) atoms. The van der Waals surface area contributed by atoms with Crippen LogP contribution in [0.15, 0.2) is 0 Å². The lowest BCUT2D eigenvalue weighted by atomic mass is 10.0. The van der Waals surface area contributed by atoms with E-state index in [9.17, 15) is 20.4 Å². The monoisotopic (exact) mass is 462 g/mol. The minimum absolute atomic E-state index is 0.0734. The molecule has 0 aromatic heterocycles. The molecule has 0 radical (unpaired) electrons. The van der Waals surface area contributed by atoms with Crippen LogP contribution in [0.1, 0.15) is 104 Å². The molecule has 1 saturated heterocycles. The molecule has 1 rings (SSSR count). The van der Waals surface area contributed by atoms with Gasteiger partial charge < -0.3 is 34.6 Å². The van der Waals surface area contributed by atoms with Gasteiger partial charge in [0.25, 0.3) is 0 Å². The van der Waals surface area contributed by atoms with Crippen LogP contribution in [0.4, 0.5) is 0 Å². The van der Waals surface area contributed by atoms with E-state index >= 15 is 0 Å². The fourth-order valence-corrected chi connectivity index (χ4v) is 4.02. The Hall–Kier alpha value is -0.280. The van der Waals surface area contributed by atoms with Gasteiger partial charge in [0.1, 0.15) is 24.4 Å². The van der Waals surface area contributed by atoms with E-state index in [0.717, 1.165) is 12.8 Å². The number of rotatable bonds is 20. The molecule has 4 N–H and O–H groups in total. The summed E-state index contributed by atoms with van der Waals surface area (Å²) in [5.74, 6) is 0. The largest absolute Gasteiger partial charge is 0.388 e. The lowest BCUT2D eigenvalue weighted by Gasteiger charge is -2.39. The van der Waals surface area contributed by atoms with E-state index in [1.54, 1.807) is 6.92 Å². The van der Waals surface area contributed by atoms with Crippen molar-refractivity contribution in [3.63, 3.8) is 0 Å². The molecule has 6 unspecified atom stereocenters. The highest BCUT2D eigenvalue weighted by Crippen LogP contribution is 2.21. The lowest BCUT2D eigenvalue weighted by Crippen LogP contribution is -2.57. The normalized spacial score (nSPS) is 27.0. The van der Waals surface area contributed by atoms with Crippen molar-refractivity contribution < 1.29 is 34.6 Å². The minimum Gasteiger partial charge on any atom is -0.388 e. The highest BCUT2D eigenvalue weighted by atomic mass is 16.7. The van der Waals surface area contributed by atoms with Crippen LogP contribution < -0.4 is 0 Å². The molecular formula is C25H50O7. The first-order valence-corrected chi connectivity index (χ1v) is 13.0. The number of hydrogen-bond donors (Lipinski definition) is 4. The molecule has 0 aliphatic carbocycles. The van der Waals surface area contributed by atoms with Crippen molar-refractivity contribution in [1.29, 1.82) is 0 Å². The van der Waals surface area contributed by atoms with Crippen LogP contribution in [-0.2, 0) is 14.2 Å². The van der Waals surface area contributed by atoms with E-state index in [2.05, 4.69) is 6.92 Å². The maximum atomic E-state index is 9.97. The Morgan fingerprint density at radius 2 is 1.19 bits per heavy atom. The highest BCUT2D eigenvalue weighted by molar-refractivity contribution is 4.87. The van der Waals surface area contributed by atoms with E-state index < -0.39 is 36.8 Å². The number of aliphatic hydroxyl groups excluding tert-OH is 4. The van der Waals surface area contributed by atoms with Gasteiger partial charge in [-0.05, 0) is 13.3 Å². The average molecular weight is 463 g/mol. The Labute approximate surface area is 195 Å². The molecule has 7 nitrogen and oxygen atoms in total. The first-order chi connectivity index (χ1) is 15.5. The molecule has 1 aliphatic rings. The van der Waals surface area contributed by atoms with E-state index in [0.29, 0.717) is 6.61 Å². The van der Waals surface area contributed by atoms with Gasteiger partial charge in [-0.2, -0.15) is 0 Å². The SMILES string of the molecule is CCCCCCCCCCCCCCCCOCC(O)COC1OC(C)C(O)C(O)C1O. The van der Waals surface area contributed by atoms with Crippen LogP contribution >= 0.6 is 0 Å². The summed E-state index contributed by atoms with van der Waals surface area (Å²) in [7, 11) is 0. The second-order valence-electron chi connectivity index (χ2n) is 9.34. The summed E-state index contributed by atoms with van der Waals surface area (Å²) in [6.45, 7) is 4.54. The van der Waals surface area contributed by atoms with Crippen LogP contribution in [0, 0.1) is 0 Å². The zero-order valence-electron chi connectivity index (χ0n) is 20.5. The second kappa shape index (κ2) is 19.1. The average Bonchev–Trinajstić information content (AvgIpc) is 2.78. The van der Waals surface area contributed by atoms with Gasteiger partial charge in [0.15, 0.2) is 6.29 Å². The summed E-state index contributed by atoms with van der Waals surface area (Å²) in [4.78, 5) is 0. The summed E-state index contributed by atoms with van der Waals surface area (Å²) in [5, 5.41) is 39.3. The maximum Gasteiger partial charge on any atom is 0.186 e. The fraction of sp³-hybridized carbons (Fsp3) is 1.00. The number of hydrogen-bond acceptors (Lipinski definition) is 7. The molecule has 0 amide bonds. The molecule has 0 aromatic rings. The molecular weight excluding hydrogens is 412 g/mol. The summed E-state index contributed by atoms with van der Waals surface area (Å²) in [5.41, 5.74) is 0. The molecule has 1 aliphatic heterocycles. The molecule has 192 valence electrons. The zero-order valence-corrected chi connectivity index (χ0v) is 20.5. The van der Waals surface area contributed by atoms with Crippen LogP contribution in [0.2, 0.25) is 0 Å². The number of unbranched alkanes of at least 4 members (excludes halogenated alkanes) is 13. The van der Waals surface area contributed by atoms with Gasteiger partial charge >= 0.3 is 0 Å². The predicted molar refractivity (Wildman–Crippen MR) is 125 cm³/mol. The van der Waals surface area contributed by atoms with Crippen molar-refractivity contribution in [1.82, 2.24) is 0 Å². The van der Waals surface area contributed by atoms with Gasteiger partial charge in [0.05, 0.1) is 19.3 Å². The van der Waals surface area contributed by atoms with E-state index in [1.807, 2.05) is 0 Å². The molecule has 1 fully saturated rings. The zero-order chi connectivity index (χ0) is 23.6. The van der Waals surface area contributed by atoms with Crippen molar-refractivity contribution in [3.8, 4) is 0 Å². The first-order valence-electron chi connectivity index (χ1n) is 13.0. The lowest BCUT2D eigenvalue weighted by molar-refractivity contribution is -0.297. The topological polar surface area (TPSA) is 109 Å². The van der Waals surface area contributed by atoms with Crippen molar-refractivity contribution in [3.05, 3.63) is 0 Å². The van der Waals surface area contributed by atoms with Gasteiger partial charge in [-0.25, -0.2) is 0 Å². The quantitative estimate of drug-likeness (QED) is 0.204. The van der Waals surface area contributed by atoms with Crippen LogP contribution in [0.25, 0.3) is 0 Å². The molecule has 0 bridgehead atoms. The third kappa shape index (κ3) is 13.4. The predicted octanol–water partition coefficient (Wildman–Crippen LogP) is 3.69. The maximum absolute atomic E-state index is 9.97. The molecule has 7 heteroatoms. The van der Waals surface area contributed by atoms with Crippen molar-refractivity contribution in [2.75, 3.05) is 19.8 Å². The second-order valence-corrected chi connectivity index (χ2v) is 9.34. The molecule has 1 heterocycles. The van der Waals surface area contributed by atoms with Crippen LogP contribution in [0.3, 0.4) is 0 Å². The summed E-state index contributed by atoms with van der Waals surface area (Å²) < 4.78 is 16.2. The van der Waals surface area contributed by atoms with Crippen molar-refractivity contribution >= 4 is 0 Å². The standard InChI is InChI=1S/C25H50O7/c1-3-4-5-6-7-8-9-10-11-12-13-14-15-16-17-30-18-21(26)19-31-25-24(29)23(28)22(27)20(2)32-25/h20-29H,3-19H2,1-2H3. The fourth-order valence-electron chi connectivity index (χ4n) is 4.02. The van der Waals surface area contributed by atoms with E-state index in [-0.39, 0.29) is 13.2 Å². The third-order valence-electron chi connectivity index (χ3n) is 6.21. The summed E-state index contributed by atoms with van der Waals surface area (Å²) in [6, 6.07) is 0. The van der Waals surface area contributed by atoms with Gasteiger partial charge in [-0.15, -0.1) is 0 Å². The van der Waals surface area contributed by atoms with Crippen molar-refractivity contribution in [2.45, 2.75) is 141 Å². The Balaban J connectivity index is 1.86. The minimum atomic E-state index is -1.36. The Bertz CT molecular complexity index is 423. The Kier molecular flexibility index (Phi) is 17.7. The molecule has 0 aromatic carbocycles. The van der Waals surface area contributed by atoms with E-state index in [1.165, 1.54) is 77.0 Å². The number of aliphatic hydroxyl groups is 4. The van der Waals surface area contributed by atoms with Gasteiger partial charge in [0, 0.05) is 6.61 Å². The third-order valence-corrected chi connectivity index (χ3v) is 6.21. The van der Waals surface area contributed by atoms with Crippen LogP contribution in [-0.4, -0.2) is 77.1 Å². The van der Waals surface area contributed by atoms with Crippen molar-refractivity contribution in [2.24, 2.45) is 0 Å². The number of ether oxygens (including phenoxy) is 3. The Morgan fingerprint density at radius 3 is 1.72 bits per heavy atom. The summed E-state index contributed by atoms with van der Waals surface area (Å²) in [6.07, 6.45) is 12.0. The van der Waals surface area contributed by atoms with Crippen LogP contribution in [0.5, 0.6) is 0 Å². The van der Waals surface area contributed by atoms with Gasteiger partial charge in [-0.3, -0.25) is 0 Å². The smallest absolute Gasteiger partial charge is 0.186 e. The first kappa shape index (κ1) is 29.8.